The molecule has 6 heteroatoms. The Kier molecular flexibility index (Phi) is 3.98. The van der Waals surface area contributed by atoms with Crippen molar-refractivity contribution in [2.24, 2.45) is 0 Å². The van der Waals surface area contributed by atoms with Crippen LogP contribution in [0.4, 0.5) is 11.6 Å². The molecule has 6 nitrogen and oxygen atoms in total. The zero-order chi connectivity index (χ0) is 13.1. The molecule has 2 heterocycles. The molecule has 1 aliphatic rings. The molecule has 0 saturated carbocycles. The number of likely N-dealkylation sites (N-methyl/N-ethyl adjacent to an activating group) is 1. The van der Waals surface area contributed by atoms with Gasteiger partial charge in [0.2, 0.25) is 0 Å². The van der Waals surface area contributed by atoms with Crippen LogP contribution in [0.15, 0.2) is 0 Å². The first kappa shape index (κ1) is 13.0. The molecule has 1 aromatic rings. The van der Waals surface area contributed by atoms with Crippen molar-refractivity contribution in [3.8, 4) is 0 Å². The van der Waals surface area contributed by atoms with Crippen molar-refractivity contribution in [3.63, 3.8) is 0 Å². The van der Waals surface area contributed by atoms with Gasteiger partial charge in [-0.05, 0) is 20.9 Å². The normalized spacial score (nSPS) is 17.8. The van der Waals surface area contributed by atoms with Crippen LogP contribution in [-0.4, -0.2) is 60.2 Å². The Bertz CT molecular complexity index is 411. The van der Waals surface area contributed by atoms with Crippen LogP contribution >= 0.6 is 0 Å². The maximum atomic E-state index is 4.48. The third-order valence-electron chi connectivity index (χ3n) is 3.26. The van der Waals surface area contributed by atoms with E-state index in [1.54, 1.807) is 0 Å². The lowest BCUT2D eigenvalue weighted by Gasteiger charge is -2.33. The van der Waals surface area contributed by atoms with E-state index in [4.69, 9.17) is 0 Å². The van der Waals surface area contributed by atoms with Crippen molar-refractivity contribution in [2.75, 3.05) is 51.0 Å². The molecule has 0 unspecified atom stereocenters. The van der Waals surface area contributed by atoms with E-state index >= 15 is 0 Å². The van der Waals surface area contributed by atoms with Crippen molar-refractivity contribution in [3.05, 3.63) is 11.4 Å². The molecule has 2 N–H and O–H groups in total. The summed E-state index contributed by atoms with van der Waals surface area (Å²) in [5, 5.41) is 5.32. The number of anilines is 2. The van der Waals surface area contributed by atoms with Crippen molar-refractivity contribution < 1.29 is 0 Å². The highest BCUT2D eigenvalue weighted by atomic mass is 15.5. The van der Waals surface area contributed by atoms with Gasteiger partial charge in [-0.15, -0.1) is 0 Å². The van der Waals surface area contributed by atoms with E-state index in [0.29, 0.717) is 0 Å². The van der Waals surface area contributed by atoms with Crippen LogP contribution in [-0.2, 0) is 0 Å². The van der Waals surface area contributed by atoms with Crippen LogP contribution in [0.1, 0.15) is 11.4 Å². The van der Waals surface area contributed by atoms with Crippen LogP contribution in [0.5, 0.6) is 0 Å². The Balaban J connectivity index is 2.11. The second kappa shape index (κ2) is 5.49. The van der Waals surface area contributed by atoms with Crippen LogP contribution in [0.3, 0.4) is 0 Å². The number of nitrogens with zero attached hydrogens (tertiary/aromatic N) is 4. The molecular weight excluding hydrogens is 228 g/mol. The maximum absolute atomic E-state index is 4.48. The van der Waals surface area contributed by atoms with Gasteiger partial charge in [-0.3, -0.25) is 0 Å². The molecule has 0 radical (unpaired) electrons. The number of rotatable bonds is 3. The second-order valence-electron chi connectivity index (χ2n) is 4.75. The summed E-state index contributed by atoms with van der Waals surface area (Å²) in [6.07, 6.45) is 0. The Morgan fingerprint density at radius 1 is 1.00 bits per heavy atom. The summed E-state index contributed by atoms with van der Waals surface area (Å²) in [6.45, 7) is 8.12. The topological polar surface area (TPSA) is 56.3 Å². The monoisotopic (exact) mass is 250 g/mol. The molecule has 0 aromatic carbocycles. The first-order valence-electron chi connectivity index (χ1n) is 6.33. The summed E-state index contributed by atoms with van der Waals surface area (Å²) in [4.78, 5) is 11.2. The minimum absolute atomic E-state index is 0.779. The zero-order valence-corrected chi connectivity index (χ0v) is 11.6. The van der Waals surface area contributed by atoms with Gasteiger partial charge in [0.05, 0.1) is 0 Å². The van der Waals surface area contributed by atoms with Crippen molar-refractivity contribution in [2.45, 2.75) is 13.8 Å². The van der Waals surface area contributed by atoms with E-state index in [0.717, 1.165) is 49.2 Å². The third-order valence-corrected chi connectivity index (χ3v) is 3.26. The Labute approximate surface area is 108 Å². The smallest absolute Gasteiger partial charge is 0.149 e. The van der Waals surface area contributed by atoms with E-state index in [9.17, 15) is 0 Å². The van der Waals surface area contributed by atoms with Crippen molar-refractivity contribution >= 4 is 11.6 Å². The molecule has 1 aromatic heterocycles. The number of aryl methyl sites for hydroxylation is 1. The first-order chi connectivity index (χ1) is 8.60. The molecule has 100 valence electrons. The van der Waals surface area contributed by atoms with Gasteiger partial charge in [-0.2, -0.15) is 0 Å². The summed E-state index contributed by atoms with van der Waals surface area (Å²) < 4.78 is 0. The maximum Gasteiger partial charge on any atom is 0.149 e. The number of aromatic nitrogens is 2. The number of piperazine rings is 1. The van der Waals surface area contributed by atoms with Gasteiger partial charge in [0.1, 0.15) is 17.5 Å². The molecule has 0 spiro atoms. The molecule has 1 fully saturated rings. The summed E-state index contributed by atoms with van der Waals surface area (Å²) in [5.74, 6) is 2.57. The quantitative estimate of drug-likeness (QED) is 0.824. The average molecular weight is 250 g/mol. The van der Waals surface area contributed by atoms with Crippen LogP contribution in [0.25, 0.3) is 0 Å². The highest BCUT2D eigenvalue weighted by molar-refractivity contribution is 5.56. The van der Waals surface area contributed by atoms with Gasteiger partial charge < -0.3 is 15.6 Å². The van der Waals surface area contributed by atoms with Crippen LogP contribution in [0.2, 0.25) is 0 Å². The second-order valence-corrected chi connectivity index (χ2v) is 4.75. The zero-order valence-electron chi connectivity index (χ0n) is 11.6. The summed E-state index contributed by atoms with van der Waals surface area (Å²) in [6, 6.07) is 0. The lowest BCUT2D eigenvalue weighted by atomic mass is 10.3. The van der Waals surface area contributed by atoms with E-state index in [1.165, 1.54) is 0 Å². The van der Waals surface area contributed by atoms with E-state index in [1.807, 2.05) is 20.9 Å². The summed E-state index contributed by atoms with van der Waals surface area (Å²) in [5.41, 5.74) is 4.46. The van der Waals surface area contributed by atoms with Crippen molar-refractivity contribution in [1.29, 1.82) is 0 Å². The number of hydrazine groups is 1. The molecule has 0 aliphatic carbocycles. The minimum Gasteiger partial charge on any atom is -0.373 e. The molecule has 0 amide bonds. The highest BCUT2D eigenvalue weighted by Crippen LogP contribution is 2.20. The fourth-order valence-corrected chi connectivity index (χ4v) is 2.05. The highest BCUT2D eigenvalue weighted by Gasteiger charge is 2.16. The van der Waals surface area contributed by atoms with E-state index in [2.05, 4.69) is 37.7 Å². The van der Waals surface area contributed by atoms with Crippen LogP contribution < -0.4 is 10.7 Å². The minimum atomic E-state index is 0.779. The largest absolute Gasteiger partial charge is 0.373 e. The SMILES string of the molecule is CNc1nc(C)nc(NN2CCN(C)CC2)c1C. The molecule has 0 bridgehead atoms. The Morgan fingerprint density at radius 2 is 1.61 bits per heavy atom. The predicted octanol–water partition coefficient (Wildman–Crippen LogP) is 0.709. The van der Waals surface area contributed by atoms with Gasteiger partial charge >= 0.3 is 0 Å². The lowest BCUT2D eigenvalue weighted by Crippen LogP contribution is -2.47. The third kappa shape index (κ3) is 2.88. The van der Waals surface area contributed by atoms with E-state index in [-0.39, 0.29) is 0 Å². The van der Waals surface area contributed by atoms with E-state index < -0.39 is 0 Å². The van der Waals surface area contributed by atoms with Crippen molar-refractivity contribution in [1.82, 2.24) is 19.9 Å². The molecule has 1 aliphatic heterocycles. The number of hydrogen-bond acceptors (Lipinski definition) is 6. The molecule has 1 saturated heterocycles. The predicted molar refractivity (Wildman–Crippen MR) is 73.7 cm³/mol. The number of nitrogens with one attached hydrogen (secondary N) is 2. The molecular formula is C12H22N6. The summed E-state index contributed by atoms with van der Waals surface area (Å²) in [7, 11) is 4.03. The molecule has 18 heavy (non-hydrogen) atoms. The fourth-order valence-electron chi connectivity index (χ4n) is 2.05. The Hall–Kier alpha value is -1.40. The van der Waals surface area contributed by atoms with Gasteiger partial charge in [-0.25, -0.2) is 15.0 Å². The lowest BCUT2D eigenvalue weighted by molar-refractivity contribution is 0.178. The van der Waals surface area contributed by atoms with Gasteiger partial charge in [0.25, 0.3) is 0 Å². The molecule has 2 rings (SSSR count). The molecule has 0 atom stereocenters. The number of hydrogen-bond donors (Lipinski definition) is 2. The fraction of sp³-hybridized carbons (Fsp3) is 0.667. The average Bonchev–Trinajstić information content (AvgIpc) is 2.36. The standard InChI is InChI=1S/C12H22N6/c1-9-11(13-3)14-10(2)15-12(9)16-18-7-5-17(4)6-8-18/h5-8H2,1-4H3,(H2,13,14,15,16). The van der Waals surface area contributed by atoms with Gasteiger partial charge in [0.15, 0.2) is 0 Å². The van der Waals surface area contributed by atoms with Gasteiger partial charge in [0, 0.05) is 38.8 Å². The van der Waals surface area contributed by atoms with Crippen LogP contribution in [0, 0.1) is 13.8 Å². The van der Waals surface area contributed by atoms with Gasteiger partial charge in [-0.1, -0.05) is 0 Å². The Morgan fingerprint density at radius 3 is 2.22 bits per heavy atom. The summed E-state index contributed by atoms with van der Waals surface area (Å²) >= 11 is 0. The first-order valence-corrected chi connectivity index (χ1v) is 6.33.